The van der Waals surface area contributed by atoms with Crippen LogP contribution in [0.3, 0.4) is 0 Å². The second-order valence-electron chi connectivity index (χ2n) is 5.98. The van der Waals surface area contributed by atoms with Crippen LogP contribution in [-0.4, -0.2) is 0 Å². The van der Waals surface area contributed by atoms with Crippen molar-refractivity contribution in [2.45, 2.75) is 6.92 Å². The van der Waals surface area contributed by atoms with Crippen molar-refractivity contribution in [3.05, 3.63) is 70.7 Å². The largest absolute Gasteiger partial charge is 0.0610 e. The van der Waals surface area contributed by atoms with Crippen molar-refractivity contribution in [2.24, 2.45) is 0 Å². The minimum Gasteiger partial charge on any atom is -0.0610 e. The van der Waals surface area contributed by atoms with Crippen molar-refractivity contribution < 1.29 is 0 Å². The molecule has 0 N–H and O–H groups in total. The smallest absolute Gasteiger partial charge is 0.0254 e. The molecule has 0 bridgehead atoms. The zero-order valence-electron chi connectivity index (χ0n) is 12.2. The number of rotatable bonds is 0. The Morgan fingerprint density at radius 1 is 0.545 bits per heavy atom. The lowest BCUT2D eigenvalue weighted by Gasteiger charge is -2.15. The van der Waals surface area contributed by atoms with Gasteiger partial charge in [0.05, 0.1) is 0 Å². The maximum absolute atomic E-state index is 3.71. The highest BCUT2D eigenvalue weighted by Crippen LogP contribution is 2.42. The van der Waals surface area contributed by atoms with Gasteiger partial charge in [-0.15, -0.1) is 0 Å². The SMILES string of the molecule is Cc1ccc2c3ccc(Br)c4cccc(c5cccc1c52)c43. The van der Waals surface area contributed by atoms with Crippen molar-refractivity contribution in [2.75, 3.05) is 0 Å². The van der Waals surface area contributed by atoms with Crippen LogP contribution in [0.1, 0.15) is 5.56 Å². The van der Waals surface area contributed by atoms with Gasteiger partial charge in [0.15, 0.2) is 0 Å². The first-order chi connectivity index (χ1) is 10.8. The first kappa shape index (κ1) is 12.4. The van der Waals surface area contributed by atoms with Gasteiger partial charge in [0.25, 0.3) is 0 Å². The molecule has 0 aliphatic rings. The molecule has 0 aromatic heterocycles. The quantitative estimate of drug-likeness (QED) is 0.214. The fraction of sp³-hybridized carbons (Fsp3) is 0.0476. The monoisotopic (exact) mass is 344 g/mol. The summed E-state index contributed by atoms with van der Waals surface area (Å²) in [7, 11) is 0. The second kappa shape index (κ2) is 4.21. The summed E-state index contributed by atoms with van der Waals surface area (Å²) in [5.41, 5.74) is 1.34. The molecule has 0 saturated carbocycles. The van der Waals surface area contributed by atoms with Crippen LogP contribution in [-0.2, 0) is 0 Å². The summed E-state index contributed by atoms with van der Waals surface area (Å²) in [6.07, 6.45) is 0. The van der Waals surface area contributed by atoms with Crippen LogP contribution in [0, 0.1) is 6.92 Å². The van der Waals surface area contributed by atoms with Crippen molar-refractivity contribution in [3.8, 4) is 0 Å². The molecule has 1 heteroatoms. The van der Waals surface area contributed by atoms with E-state index in [9.17, 15) is 0 Å². The molecular formula is C21H13Br. The highest BCUT2D eigenvalue weighted by Gasteiger charge is 2.14. The molecule has 0 aliphatic carbocycles. The molecular weight excluding hydrogens is 332 g/mol. The summed E-state index contributed by atoms with van der Waals surface area (Å²) in [5, 5.41) is 10.8. The number of aryl methyl sites for hydroxylation is 1. The molecule has 0 amide bonds. The Morgan fingerprint density at radius 3 is 1.77 bits per heavy atom. The molecule has 5 aromatic carbocycles. The average Bonchev–Trinajstić information content (AvgIpc) is 2.56. The zero-order chi connectivity index (χ0) is 14.8. The van der Waals surface area contributed by atoms with Crippen LogP contribution in [0.4, 0.5) is 0 Å². The number of hydrogen-bond acceptors (Lipinski definition) is 0. The summed E-state index contributed by atoms with van der Waals surface area (Å²) in [6.45, 7) is 2.20. The number of halogens is 1. The van der Waals surface area contributed by atoms with E-state index < -0.39 is 0 Å². The zero-order valence-corrected chi connectivity index (χ0v) is 13.7. The third-order valence-corrected chi connectivity index (χ3v) is 5.52. The minimum absolute atomic E-state index is 1.16. The molecule has 0 heterocycles. The van der Waals surface area contributed by atoms with Gasteiger partial charge in [-0.2, -0.15) is 0 Å². The molecule has 5 rings (SSSR count). The lowest BCUT2D eigenvalue weighted by molar-refractivity contribution is 1.55. The molecule has 5 aromatic rings. The fourth-order valence-electron chi connectivity index (χ4n) is 3.82. The van der Waals surface area contributed by atoms with Gasteiger partial charge in [-0.3, -0.25) is 0 Å². The fourth-order valence-corrected chi connectivity index (χ4v) is 4.28. The summed E-state index contributed by atoms with van der Waals surface area (Å²) < 4.78 is 1.16. The van der Waals surface area contributed by atoms with Gasteiger partial charge in [0.1, 0.15) is 0 Å². The first-order valence-corrected chi connectivity index (χ1v) is 8.29. The number of fused-ring (bicyclic) bond motifs is 2. The van der Waals surface area contributed by atoms with E-state index in [1.165, 1.54) is 48.7 Å². The topological polar surface area (TPSA) is 0 Å². The van der Waals surface area contributed by atoms with Crippen molar-refractivity contribution in [1.29, 1.82) is 0 Å². The van der Waals surface area contributed by atoms with Crippen molar-refractivity contribution in [3.63, 3.8) is 0 Å². The Balaban J connectivity index is 2.28. The summed E-state index contributed by atoms with van der Waals surface area (Å²) >= 11 is 3.71. The van der Waals surface area contributed by atoms with E-state index >= 15 is 0 Å². The number of hydrogen-bond donors (Lipinski definition) is 0. The average molecular weight is 345 g/mol. The Bertz CT molecular complexity index is 1070. The van der Waals surface area contributed by atoms with Gasteiger partial charge in [0.2, 0.25) is 0 Å². The van der Waals surface area contributed by atoms with Gasteiger partial charge in [-0.25, -0.2) is 0 Å². The van der Waals surface area contributed by atoms with E-state index in [0.717, 1.165) is 4.47 Å². The van der Waals surface area contributed by atoms with Gasteiger partial charge in [-0.05, 0) is 61.6 Å². The third kappa shape index (κ3) is 1.42. The minimum atomic E-state index is 1.16. The van der Waals surface area contributed by atoms with Gasteiger partial charge < -0.3 is 0 Å². The van der Waals surface area contributed by atoms with Crippen LogP contribution in [0.2, 0.25) is 0 Å². The Morgan fingerprint density at radius 2 is 1.05 bits per heavy atom. The summed E-state index contributed by atoms with van der Waals surface area (Å²) in [6, 6.07) is 22.2. The van der Waals surface area contributed by atoms with Crippen LogP contribution >= 0.6 is 15.9 Å². The molecule has 0 unspecified atom stereocenters. The highest BCUT2D eigenvalue weighted by molar-refractivity contribution is 9.10. The van der Waals surface area contributed by atoms with Crippen LogP contribution in [0.25, 0.3) is 43.1 Å². The Labute approximate surface area is 136 Å². The molecule has 0 nitrogen and oxygen atoms in total. The Hall–Kier alpha value is -2.12. The molecule has 0 spiro atoms. The maximum Gasteiger partial charge on any atom is 0.0254 e. The molecule has 22 heavy (non-hydrogen) atoms. The van der Waals surface area contributed by atoms with E-state index in [1.54, 1.807) is 0 Å². The van der Waals surface area contributed by atoms with Gasteiger partial charge >= 0.3 is 0 Å². The Kier molecular flexibility index (Phi) is 2.38. The van der Waals surface area contributed by atoms with E-state index in [-0.39, 0.29) is 0 Å². The predicted molar refractivity (Wildman–Crippen MR) is 100 cm³/mol. The summed E-state index contributed by atoms with van der Waals surface area (Å²) in [4.78, 5) is 0. The summed E-state index contributed by atoms with van der Waals surface area (Å²) in [5.74, 6) is 0. The normalized spacial score (nSPS) is 12.1. The van der Waals surface area contributed by atoms with Gasteiger partial charge in [-0.1, -0.05) is 70.5 Å². The molecule has 0 aliphatic heterocycles. The molecule has 0 fully saturated rings. The lowest BCUT2D eigenvalue weighted by atomic mass is 9.89. The van der Waals surface area contributed by atoms with Crippen LogP contribution < -0.4 is 0 Å². The standard InChI is InChI=1S/C21H13Br/c1-12-8-9-16-17-10-11-19(22)18-7-3-6-15(21(17)18)14-5-2-4-13(12)20(14)16/h2-11H,1H3. The third-order valence-electron chi connectivity index (χ3n) is 4.83. The second-order valence-corrected chi connectivity index (χ2v) is 6.84. The van der Waals surface area contributed by atoms with Gasteiger partial charge in [0, 0.05) is 4.47 Å². The van der Waals surface area contributed by atoms with E-state index in [4.69, 9.17) is 0 Å². The van der Waals surface area contributed by atoms with Crippen molar-refractivity contribution >= 4 is 59.0 Å². The van der Waals surface area contributed by atoms with E-state index in [0.29, 0.717) is 0 Å². The van der Waals surface area contributed by atoms with Crippen LogP contribution in [0.15, 0.2) is 65.1 Å². The molecule has 0 atom stereocenters. The van der Waals surface area contributed by atoms with Crippen LogP contribution in [0.5, 0.6) is 0 Å². The van der Waals surface area contributed by atoms with E-state index in [1.807, 2.05) is 0 Å². The first-order valence-electron chi connectivity index (χ1n) is 7.50. The molecule has 0 saturated heterocycles. The van der Waals surface area contributed by atoms with E-state index in [2.05, 4.69) is 83.5 Å². The highest BCUT2D eigenvalue weighted by atomic mass is 79.9. The predicted octanol–water partition coefficient (Wildman–Crippen LogP) is 6.81. The molecule has 0 radical (unpaired) electrons. The maximum atomic E-state index is 3.71. The molecule has 104 valence electrons. The van der Waals surface area contributed by atoms with Crippen molar-refractivity contribution in [1.82, 2.24) is 0 Å². The lowest BCUT2D eigenvalue weighted by Crippen LogP contribution is -1.88. The number of benzene rings is 5.